The van der Waals surface area contributed by atoms with Crippen LogP contribution in [0.25, 0.3) is 0 Å². The topological polar surface area (TPSA) is 96.5 Å². The number of halogens is 1. The predicted molar refractivity (Wildman–Crippen MR) is 122 cm³/mol. The van der Waals surface area contributed by atoms with E-state index in [0.717, 1.165) is 45.5 Å². The maximum Gasteiger partial charge on any atom is 0.233 e. The van der Waals surface area contributed by atoms with Crippen molar-refractivity contribution >= 4 is 23.5 Å². The smallest absolute Gasteiger partial charge is 0.233 e. The second kappa shape index (κ2) is 10.7. The van der Waals surface area contributed by atoms with Crippen LogP contribution in [0, 0.1) is 5.82 Å². The molecular weight excluding hydrogens is 413 g/mol. The lowest BCUT2D eigenvalue weighted by Crippen LogP contribution is -2.35. The molecule has 1 aromatic heterocycles. The lowest BCUT2D eigenvalue weighted by molar-refractivity contribution is 0.0874. The van der Waals surface area contributed by atoms with E-state index in [1.807, 2.05) is 0 Å². The Labute approximate surface area is 188 Å². The summed E-state index contributed by atoms with van der Waals surface area (Å²) in [6, 6.07) is 5.26. The Hall–Kier alpha value is -2.72. The van der Waals surface area contributed by atoms with Gasteiger partial charge in [0.25, 0.3) is 0 Å². The van der Waals surface area contributed by atoms with Gasteiger partial charge in [0, 0.05) is 30.9 Å². The van der Waals surface area contributed by atoms with Crippen molar-refractivity contribution in [1.29, 1.82) is 0 Å². The van der Waals surface area contributed by atoms with Crippen molar-refractivity contribution in [1.82, 2.24) is 19.9 Å². The fraction of sp³-hybridized carbons (Fsp3) is 0.591. The van der Waals surface area contributed by atoms with Crippen LogP contribution in [0.5, 0.6) is 5.75 Å². The van der Waals surface area contributed by atoms with Gasteiger partial charge < -0.3 is 25.4 Å². The molecule has 2 aliphatic heterocycles. The minimum atomic E-state index is -0.455. The summed E-state index contributed by atoms with van der Waals surface area (Å²) in [4.78, 5) is 16.1. The van der Waals surface area contributed by atoms with Crippen LogP contribution in [0.2, 0.25) is 0 Å². The van der Waals surface area contributed by atoms with E-state index in [9.17, 15) is 4.39 Å². The highest BCUT2D eigenvalue weighted by atomic mass is 19.1. The van der Waals surface area contributed by atoms with Crippen LogP contribution in [0.4, 0.5) is 27.9 Å². The number of anilines is 4. The van der Waals surface area contributed by atoms with Gasteiger partial charge in [0.1, 0.15) is 0 Å². The van der Waals surface area contributed by atoms with Crippen molar-refractivity contribution < 1.29 is 13.9 Å². The molecule has 4 rings (SSSR count). The molecule has 9 nitrogen and oxygen atoms in total. The summed E-state index contributed by atoms with van der Waals surface area (Å²) in [6.07, 6.45) is 4.36. The molecule has 0 bridgehead atoms. The largest absolute Gasteiger partial charge is 0.494 e. The molecule has 2 aliphatic rings. The monoisotopic (exact) mass is 445 g/mol. The third-order valence-electron chi connectivity index (χ3n) is 5.94. The highest BCUT2D eigenvalue weighted by Crippen LogP contribution is 2.24. The molecule has 10 heteroatoms. The van der Waals surface area contributed by atoms with E-state index < -0.39 is 5.82 Å². The Bertz CT molecular complexity index is 895. The van der Waals surface area contributed by atoms with Crippen LogP contribution < -0.4 is 20.7 Å². The lowest BCUT2D eigenvalue weighted by Gasteiger charge is -2.24. The number of ether oxygens (including phenoxy) is 2. The minimum absolute atomic E-state index is 0.149. The van der Waals surface area contributed by atoms with Gasteiger partial charge in [0.2, 0.25) is 17.8 Å². The number of nitrogens with one attached hydrogen (secondary N) is 3. The number of hydrogen-bond acceptors (Lipinski definition) is 9. The Kier molecular flexibility index (Phi) is 7.54. The third-order valence-corrected chi connectivity index (χ3v) is 5.94. The summed E-state index contributed by atoms with van der Waals surface area (Å²) in [7, 11) is 1.44. The third kappa shape index (κ3) is 5.74. The maximum absolute atomic E-state index is 14.1. The average Bonchev–Trinajstić information content (AvgIpc) is 3.26. The van der Waals surface area contributed by atoms with Gasteiger partial charge in [-0.05, 0) is 50.9 Å². The summed E-state index contributed by atoms with van der Waals surface area (Å²) in [5.74, 6) is 1.02. The van der Waals surface area contributed by atoms with Crippen molar-refractivity contribution in [3.05, 3.63) is 24.0 Å². The Balaban J connectivity index is 1.51. The molecule has 0 saturated carbocycles. The quantitative estimate of drug-likeness (QED) is 0.537. The van der Waals surface area contributed by atoms with Gasteiger partial charge in [0.05, 0.1) is 19.8 Å². The van der Waals surface area contributed by atoms with Crippen molar-refractivity contribution in [2.24, 2.45) is 0 Å². The molecule has 2 fully saturated rings. The minimum Gasteiger partial charge on any atom is -0.494 e. The number of nitrogens with zero attached hydrogens (tertiary/aromatic N) is 4. The van der Waals surface area contributed by atoms with Gasteiger partial charge in [0.15, 0.2) is 11.6 Å². The summed E-state index contributed by atoms with van der Waals surface area (Å²) >= 11 is 0. The first-order chi connectivity index (χ1) is 15.6. The molecule has 2 aromatic rings. The molecular formula is C22H32FN7O2. The number of methoxy groups -OCH3 is 1. The molecule has 2 saturated heterocycles. The SMILES string of the molecule is CCN1CCCC1CNc1nc(Nc2ccc(OC)c(F)c2)nc(NC2CCCOC2)n1. The van der Waals surface area contributed by atoms with Crippen LogP contribution >= 0.6 is 0 Å². The van der Waals surface area contributed by atoms with Gasteiger partial charge in [-0.1, -0.05) is 6.92 Å². The molecule has 3 heterocycles. The fourth-order valence-electron chi connectivity index (χ4n) is 4.24. The summed E-state index contributed by atoms with van der Waals surface area (Å²) in [5.41, 5.74) is 0.528. The zero-order chi connectivity index (χ0) is 22.3. The van der Waals surface area contributed by atoms with Crippen LogP contribution in [0.1, 0.15) is 32.6 Å². The standard InChI is InChI=1S/C22H32FN7O2/c1-3-30-10-4-7-17(30)13-24-20-27-21(25-15-8-9-19(31-2)18(23)12-15)29-22(28-20)26-16-6-5-11-32-14-16/h8-9,12,16-17H,3-7,10-11,13-14H2,1-2H3,(H3,24,25,26,27,28,29). The summed E-state index contributed by atoms with van der Waals surface area (Å²) < 4.78 is 24.7. The molecule has 2 atom stereocenters. The van der Waals surface area contributed by atoms with Crippen molar-refractivity contribution in [3.63, 3.8) is 0 Å². The molecule has 0 aliphatic carbocycles. The molecule has 3 N–H and O–H groups in total. The number of benzene rings is 1. The first-order valence-corrected chi connectivity index (χ1v) is 11.3. The average molecular weight is 446 g/mol. The van der Waals surface area contributed by atoms with E-state index in [-0.39, 0.29) is 11.8 Å². The first kappa shape index (κ1) is 22.5. The highest BCUT2D eigenvalue weighted by Gasteiger charge is 2.23. The fourth-order valence-corrected chi connectivity index (χ4v) is 4.24. The number of likely N-dealkylation sites (tertiary alicyclic amines) is 1. The highest BCUT2D eigenvalue weighted by molar-refractivity contribution is 5.57. The van der Waals surface area contributed by atoms with Gasteiger partial charge in [-0.3, -0.25) is 4.90 Å². The van der Waals surface area contributed by atoms with Crippen LogP contribution in [-0.4, -0.2) is 71.9 Å². The molecule has 0 spiro atoms. The van der Waals surface area contributed by atoms with E-state index in [1.54, 1.807) is 12.1 Å². The number of rotatable bonds is 9. The predicted octanol–water partition coefficient (Wildman–Crippen LogP) is 3.25. The normalized spacial score (nSPS) is 21.3. The van der Waals surface area contributed by atoms with Gasteiger partial charge in [-0.2, -0.15) is 15.0 Å². The number of hydrogen-bond donors (Lipinski definition) is 3. The van der Waals surface area contributed by atoms with Gasteiger partial charge in [-0.25, -0.2) is 4.39 Å². The van der Waals surface area contributed by atoms with Gasteiger partial charge in [-0.15, -0.1) is 0 Å². The van der Waals surface area contributed by atoms with Crippen molar-refractivity contribution in [3.8, 4) is 5.75 Å². The lowest BCUT2D eigenvalue weighted by atomic mass is 10.1. The van der Waals surface area contributed by atoms with Gasteiger partial charge >= 0.3 is 0 Å². The van der Waals surface area contributed by atoms with E-state index in [2.05, 4.69) is 42.7 Å². The maximum atomic E-state index is 14.1. The van der Waals surface area contributed by atoms with Crippen LogP contribution in [-0.2, 0) is 4.74 Å². The first-order valence-electron chi connectivity index (χ1n) is 11.3. The molecule has 0 radical (unpaired) electrons. The number of aromatic nitrogens is 3. The summed E-state index contributed by atoms with van der Waals surface area (Å²) in [6.45, 7) is 6.52. The Morgan fingerprint density at radius 2 is 2.00 bits per heavy atom. The number of likely N-dealkylation sites (N-methyl/N-ethyl adjacent to an activating group) is 1. The Morgan fingerprint density at radius 3 is 2.75 bits per heavy atom. The second-order valence-electron chi connectivity index (χ2n) is 8.14. The zero-order valence-corrected chi connectivity index (χ0v) is 18.7. The van der Waals surface area contributed by atoms with Crippen molar-refractivity contribution in [2.75, 3.05) is 55.9 Å². The zero-order valence-electron chi connectivity index (χ0n) is 18.7. The summed E-state index contributed by atoms with van der Waals surface area (Å²) in [5, 5.41) is 9.81. The Morgan fingerprint density at radius 1 is 1.16 bits per heavy atom. The van der Waals surface area contributed by atoms with E-state index in [1.165, 1.54) is 19.6 Å². The molecule has 174 valence electrons. The molecule has 0 amide bonds. The molecule has 32 heavy (non-hydrogen) atoms. The van der Waals surface area contributed by atoms with Crippen LogP contribution in [0.15, 0.2) is 18.2 Å². The van der Waals surface area contributed by atoms with E-state index in [4.69, 9.17) is 9.47 Å². The molecule has 2 unspecified atom stereocenters. The van der Waals surface area contributed by atoms with E-state index >= 15 is 0 Å². The van der Waals surface area contributed by atoms with E-state index in [0.29, 0.717) is 36.2 Å². The molecule has 1 aromatic carbocycles. The van der Waals surface area contributed by atoms with Crippen LogP contribution in [0.3, 0.4) is 0 Å². The second-order valence-corrected chi connectivity index (χ2v) is 8.14. The van der Waals surface area contributed by atoms with Crippen molar-refractivity contribution in [2.45, 2.75) is 44.7 Å².